The van der Waals surface area contributed by atoms with E-state index >= 15 is 0 Å². The summed E-state index contributed by atoms with van der Waals surface area (Å²) in [6, 6.07) is 12.6. The van der Waals surface area contributed by atoms with Gasteiger partial charge in [-0.05, 0) is 92.7 Å². The van der Waals surface area contributed by atoms with Crippen molar-refractivity contribution in [2.45, 2.75) is 70.1 Å². The van der Waals surface area contributed by atoms with Crippen LogP contribution in [-0.4, -0.2) is 0 Å². The van der Waals surface area contributed by atoms with E-state index in [1.807, 2.05) is 18.2 Å². The second-order valence-electron chi connectivity index (χ2n) is 8.24. The molecule has 136 valence electrons. The van der Waals surface area contributed by atoms with Crippen molar-refractivity contribution >= 4 is 0 Å². The van der Waals surface area contributed by atoms with Crippen molar-refractivity contribution in [2.24, 2.45) is 17.8 Å². The molecule has 2 saturated carbocycles. The highest BCUT2D eigenvalue weighted by atomic mass is 14.4. The van der Waals surface area contributed by atoms with Crippen LogP contribution in [0.2, 0.25) is 0 Å². The van der Waals surface area contributed by atoms with Gasteiger partial charge < -0.3 is 0 Å². The summed E-state index contributed by atoms with van der Waals surface area (Å²) in [5.74, 6) is 3.46. The van der Waals surface area contributed by atoms with Gasteiger partial charge in [0.2, 0.25) is 0 Å². The standard InChI is InChI=1S/C24H30N2/c25-17-3-1-2-4-19-5-9-21(10-6-19)23-13-15-24(16-14-23)22-11-7-20(18-26)8-12-22/h1,3,7-8,11-12,19,21,23-24H,2,4-6,9-10,13-16H2/t19-,21-,23-,24-. The van der Waals surface area contributed by atoms with Crippen LogP contribution < -0.4 is 0 Å². The van der Waals surface area contributed by atoms with Gasteiger partial charge in [0.05, 0.1) is 17.7 Å². The Hall–Kier alpha value is -2.06. The van der Waals surface area contributed by atoms with E-state index in [4.69, 9.17) is 10.5 Å². The molecule has 0 atom stereocenters. The second-order valence-corrected chi connectivity index (χ2v) is 8.24. The van der Waals surface area contributed by atoms with E-state index in [-0.39, 0.29) is 0 Å². The summed E-state index contributed by atoms with van der Waals surface area (Å²) in [4.78, 5) is 0. The predicted octanol–water partition coefficient (Wildman–Crippen LogP) is 6.50. The van der Waals surface area contributed by atoms with Gasteiger partial charge in [0.1, 0.15) is 0 Å². The monoisotopic (exact) mass is 346 g/mol. The number of allylic oxidation sites excluding steroid dienone is 2. The van der Waals surface area contributed by atoms with Crippen LogP contribution in [0.15, 0.2) is 36.4 Å². The maximum absolute atomic E-state index is 8.94. The van der Waals surface area contributed by atoms with Crippen LogP contribution in [0.4, 0.5) is 0 Å². The lowest BCUT2D eigenvalue weighted by molar-refractivity contribution is 0.157. The second kappa shape index (κ2) is 9.59. The average Bonchev–Trinajstić information content (AvgIpc) is 2.72. The van der Waals surface area contributed by atoms with E-state index in [2.05, 4.69) is 24.3 Å². The van der Waals surface area contributed by atoms with E-state index in [1.54, 1.807) is 6.08 Å². The molecule has 0 aromatic heterocycles. The first-order valence-electron chi connectivity index (χ1n) is 10.3. The van der Waals surface area contributed by atoms with Crippen LogP contribution in [0.25, 0.3) is 0 Å². The van der Waals surface area contributed by atoms with E-state index in [9.17, 15) is 0 Å². The van der Waals surface area contributed by atoms with Crippen LogP contribution >= 0.6 is 0 Å². The molecule has 0 spiro atoms. The number of nitrogens with zero attached hydrogens (tertiary/aromatic N) is 2. The summed E-state index contributed by atoms with van der Waals surface area (Å²) in [6.45, 7) is 0. The van der Waals surface area contributed by atoms with Crippen LogP contribution in [0.1, 0.15) is 81.3 Å². The Morgan fingerprint density at radius 3 is 2.04 bits per heavy atom. The average molecular weight is 347 g/mol. The normalized spacial score (nSPS) is 29.2. The van der Waals surface area contributed by atoms with Crippen molar-refractivity contribution in [2.75, 3.05) is 0 Å². The first-order valence-corrected chi connectivity index (χ1v) is 10.3. The Morgan fingerprint density at radius 1 is 0.846 bits per heavy atom. The van der Waals surface area contributed by atoms with Gasteiger partial charge in [-0.1, -0.05) is 31.1 Å². The van der Waals surface area contributed by atoms with E-state index in [0.717, 1.165) is 29.7 Å². The van der Waals surface area contributed by atoms with Gasteiger partial charge in [0.15, 0.2) is 0 Å². The highest BCUT2D eigenvalue weighted by Crippen LogP contribution is 2.44. The fourth-order valence-electron chi connectivity index (χ4n) is 5.17. The van der Waals surface area contributed by atoms with Crippen molar-refractivity contribution in [3.63, 3.8) is 0 Å². The molecule has 3 rings (SSSR count). The number of hydrogen-bond donors (Lipinski definition) is 0. The highest BCUT2D eigenvalue weighted by Gasteiger charge is 2.31. The lowest BCUT2D eigenvalue weighted by Crippen LogP contribution is -2.25. The zero-order valence-electron chi connectivity index (χ0n) is 15.7. The largest absolute Gasteiger partial charge is 0.193 e. The molecule has 0 saturated heterocycles. The van der Waals surface area contributed by atoms with E-state index < -0.39 is 0 Å². The van der Waals surface area contributed by atoms with Gasteiger partial charge in [-0.15, -0.1) is 0 Å². The van der Waals surface area contributed by atoms with Gasteiger partial charge in [0, 0.05) is 6.08 Å². The Labute approximate surface area is 158 Å². The predicted molar refractivity (Wildman–Crippen MR) is 105 cm³/mol. The molecule has 2 heteroatoms. The zero-order valence-corrected chi connectivity index (χ0v) is 15.7. The molecule has 0 heterocycles. The third kappa shape index (κ3) is 4.98. The van der Waals surface area contributed by atoms with E-state index in [0.29, 0.717) is 5.92 Å². The van der Waals surface area contributed by atoms with Gasteiger partial charge >= 0.3 is 0 Å². The lowest BCUT2D eigenvalue weighted by Gasteiger charge is -2.38. The summed E-state index contributed by atoms with van der Waals surface area (Å²) in [7, 11) is 0. The molecular weight excluding hydrogens is 316 g/mol. The van der Waals surface area contributed by atoms with Gasteiger partial charge in [-0.25, -0.2) is 0 Å². The van der Waals surface area contributed by atoms with E-state index in [1.165, 1.54) is 63.4 Å². The Balaban J connectivity index is 1.41. The Kier molecular flexibility index (Phi) is 6.90. The fraction of sp³-hybridized carbons (Fsp3) is 0.583. The molecule has 0 aliphatic heterocycles. The van der Waals surface area contributed by atoms with Gasteiger partial charge in [-0.3, -0.25) is 0 Å². The quantitative estimate of drug-likeness (QED) is 0.571. The van der Waals surface area contributed by atoms with Crippen molar-refractivity contribution in [1.29, 1.82) is 10.5 Å². The number of rotatable bonds is 5. The third-order valence-electron chi connectivity index (χ3n) is 6.78. The fourth-order valence-corrected chi connectivity index (χ4v) is 5.17. The van der Waals surface area contributed by atoms with Crippen LogP contribution in [-0.2, 0) is 0 Å². The molecule has 1 aromatic carbocycles. The third-order valence-corrected chi connectivity index (χ3v) is 6.78. The first-order chi connectivity index (χ1) is 12.8. The molecule has 1 aromatic rings. The molecule has 0 unspecified atom stereocenters. The molecule has 2 aliphatic rings. The van der Waals surface area contributed by atoms with Crippen molar-refractivity contribution in [3.8, 4) is 12.1 Å². The summed E-state index contributed by atoms with van der Waals surface area (Å²) in [6.07, 6.45) is 17.0. The van der Waals surface area contributed by atoms with Crippen LogP contribution in [0.3, 0.4) is 0 Å². The Morgan fingerprint density at radius 2 is 1.46 bits per heavy atom. The SMILES string of the molecule is N#CC=CCC[C@H]1CC[C@H]([C@H]2CC[C@H](c3ccc(C#N)cc3)CC2)CC1. The first kappa shape index (κ1) is 18.7. The number of nitriles is 2. The molecule has 0 radical (unpaired) electrons. The highest BCUT2D eigenvalue weighted by molar-refractivity contribution is 5.33. The number of hydrogen-bond acceptors (Lipinski definition) is 2. The maximum atomic E-state index is 8.94. The minimum atomic E-state index is 0.697. The van der Waals surface area contributed by atoms with Crippen molar-refractivity contribution in [1.82, 2.24) is 0 Å². The van der Waals surface area contributed by atoms with Crippen LogP contribution in [0.5, 0.6) is 0 Å². The topological polar surface area (TPSA) is 47.6 Å². The summed E-state index contributed by atoms with van der Waals surface area (Å²) >= 11 is 0. The minimum Gasteiger partial charge on any atom is -0.193 e. The zero-order chi connectivity index (χ0) is 18.2. The molecule has 2 fully saturated rings. The molecule has 0 N–H and O–H groups in total. The van der Waals surface area contributed by atoms with Crippen molar-refractivity contribution < 1.29 is 0 Å². The molecular formula is C24H30N2. The van der Waals surface area contributed by atoms with Gasteiger partial charge in [0.25, 0.3) is 0 Å². The minimum absolute atomic E-state index is 0.697. The maximum Gasteiger partial charge on any atom is 0.0991 e. The summed E-state index contributed by atoms with van der Waals surface area (Å²) < 4.78 is 0. The van der Waals surface area contributed by atoms with Crippen molar-refractivity contribution in [3.05, 3.63) is 47.5 Å². The smallest absolute Gasteiger partial charge is 0.0991 e. The molecule has 2 nitrogen and oxygen atoms in total. The lowest BCUT2D eigenvalue weighted by atomic mass is 9.68. The summed E-state index contributed by atoms with van der Waals surface area (Å²) in [5.41, 5.74) is 2.19. The van der Waals surface area contributed by atoms with Crippen LogP contribution in [0, 0.1) is 40.4 Å². The summed E-state index contributed by atoms with van der Waals surface area (Å²) in [5, 5.41) is 17.5. The molecule has 0 amide bonds. The molecule has 0 bridgehead atoms. The molecule has 2 aliphatic carbocycles. The number of benzene rings is 1. The Bertz CT molecular complexity index is 658. The molecule has 26 heavy (non-hydrogen) atoms. The van der Waals surface area contributed by atoms with Gasteiger partial charge in [-0.2, -0.15) is 10.5 Å².